The molecule has 2 rings (SSSR count). The molecule has 8 heteroatoms. The van der Waals surface area contributed by atoms with Gasteiger partial charge in [-0.2, -0.15) is 0 Å². The summed E-state index contributed by atoms with van der Waals surface area (Å²) in [5, 5.41) is 19.9. The number of nitrogen functional groups attached to an aromatic ring is 1. The Morgan fingerprint density at radius 3 is 2.59 bits per heavy atom. The molecule has 1 aromatic heterocycles. The zero-order valence-corrected chi connectivity index (χ0v) is 13.2. The van der Waals surface area contributed by atoms with E-state index < -0.39 is 11.9 Å². The maximum Gasteiger partial charge on any atom is 0.328 e. The summed E-state index contributed by atoms with van der Waals surface area (Å²) >= 11 is 1.65. The molecular formula is C14H21N3O4S. The second-order valence-corrected chi connectivity index (χ2v) is 5.94. The number of carboxylic acid groups (broad SMARTS) is 2. The minimum Gasteiger partial charge on any atom is -0.478 e. The normalized spacial score (nSPS) is 16.7. The molecule has 5 N–H and O–H groups in total. The van der Waals surface area contributed by atoms with Crippen LogP contribution in [0.15, 0.2) is 12.2 Å². The van der Waals surface area contributed by atoms with E-state index in [1.54, 1.807) is 11.3 Å². The second-order valence-electron chi connectivity index (χ2n) is 4.83. The van der Waals surface area contributed by atoms with Crippen LogP contribution < -0.4 is 11.1 Å². The van der Waals surface area contributed by atoms with Crippen molar-refractivity contribution in [1.29, 1.82) is 0 Å². The molecule has 1 atom stereocenters. The predicted molar refractivity (Wildman–Crippen MR) is 85.0 cm³/mol. The van der Waals surface area contributed by atoms with Crippen LogP contribution in [0.4, 0.5) is 5.13 Å². The molecule has 0 unspecified atom stereocenters. The van der Waals surface area contributed by atoms with Crippen LogP contribution in [-0.4, -0.2) is 39.7 Å². The van der Waals surface area contributed by atoms with E-state index in [9.17, 15) is 9.59 Å². The van der Waals surface area contributed by atoms with E-state index in [1.165, 1.54) is 23.4 Å². The van der Waals surface area contributed by atoms with Gasteiger partial charge in [-0.25, -0.2) is 14.6 Å². The number of hydrogen-bond donors (Lipinski definition) is 4. The molecule has 0 aromatic carbocycles. The van der Waals surface area contributed by atoms with Gasteiger partial charge in [-0.15, -0.1) is 11.3 Å². The number of nitrogens with two attached hydrogens (primary N) is 1. The molecule has 0 amide bonds. The lowest BCUT2D eigenvalue weighted by atomic mass is 9.98. The van der Waals surface area contributed by atoms with Crippen molar-refractivity contribution in [2.75, 3.05) is 12.3 Å². The first-order chi connectivity index (χ1) is 10.4. The summed E-state index contributed by atoms with van der Waals surface area (Å²) in [6, 6.07) is 0.641. The lowest BCUT2D eigenvalue weighted by molar-refractivity contribution is -0.134. The number of rotatable bonds is 5. The fraction of sp³-hybridized carbons (Fsp3) is 0.500. The largest absolute Gasteiger partial charge is 0.478 e. The Kier molecular flexibility index (Phi) is 7.55. The molecule has 1 aliphatic carbocycles. The number of thiazole rings is 1. The molecule has 22 heavy (non-hydrogen) atoms. The average Bonchev–Trinajstić information content (AvgIpc) is 2.82. The Morgan fingerprint density at radius 2 is 2.05 bits per heavy atom. The van der Waals surface area contributed by atoms with Gasteiger partial charge in [0.2, 0.25) is 0 Å². The number of nitrogens with zero attached hydrogens (tertiary/aromatic N) is 1. The third kappa shape index (κ3) is 6.68. The van der Waals surface area contributed by atoms with Crippen LogP contribution in [0.1, 0.15) is 30.3 Å². The van der Waals surface area contributed by atoms with Crippen LogP contribution in [0.2, 0.25) is 0 Å². The van der Waals surface area contributed by atoms with Crippen molar-refractivity contribution in [3.8, 4) is 0 Å². The summed E-state index contributed by atoms with van der Waals surface area (Å²) < 4.78 is 0. The maximum absolute atomic E-state index is 9.55. The van der Waals surface area contributed by atoms with E-state index in [4.69, 9.17) is 15.9 Å². The summed E-state index contributed by atoms with van der Waals surface area (Å²) in [6.07, 6.45) is 5.73. The molecule has 0 saturated carbocycles. The highest BCUT2D eigenvalue weighted by Gasteiger charge is 2.21. The van der Waals surface area contributed by atoms with E-state index in [2.05, 4.69) is 17.2 Å². The van der Waals surface area contributed by atoms with Crippen LogP contribution >= 0.6 is 11.3 Å². The van der Waals surface area contributed by atoms with Gasteiger partial charge in [0, 0.05) is 23.1 Å². The van der Waals surface area contributed by atoms with Crippen molar-refractivity contribution < 1.29 is 19.8 Å². The Morgan fingerprint density at radius 1 is 1.41 bits per heavy atom. The van der Waals surface area contributed by atoms with Crippen LogP contribution in [0.3, 0.4) is 0 Å². The molecule has 7 nitrogen and oxygen atoms in total. The van der Waals surface area contributed by atoms with Gasteiger partial charge in [0.25, 0.3) is 0 Å². The number of nitrogens with one attached hydrogen (secondary N) is 1. The SMILES string of the molecule is CCCN[C@H]1CCc2nc(N)sc2C1.O=C(O)/C=C/C(=O)O. The molecule has 0 spiro atoms. The summed E-state index contributed by atoms with van der Waals surface area (Å²) in [4.78, 5) is 24.8. The summed E-state index contributed by atoms with van der Waals surface area (Å²) in [5.41, 5.74) is 6.93. The summed E-state index contributed by atoms with van der Waals surface area (Å²) in [6.45, 7) is 3.32. The topological polar surface area (TPSA) is 126 Å². The Hall–Kier alpha value is -1.93. The van der Waals surface area contributed by atoms with E-state index >= 15 is 0 Å². The smallest absolute Gasteiger partial charge is 0.328 e. The Balaban J connectivity index is 0.000000261. The van der Waals surface area contributed by atoms with Gasteiger partial charge < -0.3 is 21.3 Å². The first-order valence-corrected chi connectivity index (χ1v) is 7.85. The quantitative estimate of drug-likeness (QED) is 0.600. The van der Waals surface area contributed by atoms with Crippen molar-refractivity contribution in [3.63, 3.8) is 0 Å². The Labute approximate surface area is 132 Å². The average molecular weight is 327 g/mol. The van der Waals surface area contributed by atoms with Crippen molar-refractivity contribution in [2.45, 2.75) is 38.6 Å². The number of aryl methyl sites for hydroxylation is 1. The molecule has 0 radical (unpaired) electrons. The number of anilines is 1. The van der Waals surface area contributed by atoms with Gasteiger partial charge in [0.05, 0.1) is 5.69 Å². The van der Waals surface area contributed by atoms with E-state index in [1.807, 2.05) is 0 Å². The molecule has 122 valence electrons. The van der Waals surface area contributed by atoms with Crippen LogP contribution in [0.25, 0.3) is 0 Å². The summed E-state index contributed by atoms with van der Waals surface area (Å²) in [7, 11) is 0. The van der Waals surface area contributed by atoms with Gasteiger partial charge in [0.15, 0.2) is 5.13 Å². The van der Waals surface area contributed by atoms with Gasteiger partial charge in [-0.3, -0.25) is 0 Å². The van der Waals surface area contributed by atoms with Crippen LogP contribution in [-0.2, 0) is 22.4 Å². The van der Waals surface area contributed by atoms with Crippen LogP contribution in [0.5, 0.6) is 0 Å². The standard InChI is InChI=1S/C10H17N3S.C4H4O4/c1-2-5-12-7-3-4-8-9(6-7)14-10(11)13-8;5-3(6)1-2-4(7)8/h7,12H,2-6H2,1H3,(H2,11,13);1-2H,(H,5,6)(H,7,8)/b;2-1+/t7-;/m0./s1. The maximum atomic E-state index is 9.55. The van der Waals surface area contributed by atoms with E-state index in [-0.39, 0.29) is 0 Å². The van der Waals surface area contributed by atoms with Crippen molar-refractivity contribution in [1.82, 2.24) is 10.3 Å². The predicted octanol–water partition coefficient (Wildman–Crippen LogP) is 1.29. The fourth-order valence-electron chi connectivity index (χ4n) is 2.06. The molecule has 0 fully saturated rings. The van der Waals surface area contributed by atoms with Crippen molar-refractivity contribution >= 4 is 28.4 Å². The fourth-order valence-corrected chi connectivity index (χ4v) is 3.02. The monoisotopic (exact) mass is 327 g/mol. The third-order valence-electron chi connectivity index (χ3n) is 3.01. The third-order valence-corrected chi connectivity index (χ3v) is 3.96. The van der Waals surface area contributed by atoms with Crippen LogP contribution in [0, 0.1) is 0 Å². The second kappa shape index (κ2) is 9.16. The molecular weight excluding hydrogens is 306 g/mol. The number of aliphatic carboxylic acids is 2. The van der Waals surface area contributed by atoms with Crippen molar-refractivity contribution in [2.24, 2.45) is 0 Å². The minimum absolute atomic E-state index is 0.558. The zero-order valence-electron chi connectivity index (χ0n) is 12.4. The summed E-state index contributed by atoms with van der Waals surface area (Å²) in [5.74, 6) is -2.51. The molecule has 0 aliphatic heterocycles. The first-order valence-electron chi connectivity index (χ1n) is 7.03. The number of carbonyl (C=O) groups is 2. The highest BCUT2D eigenvalue weighted by atomic mass is 32.1. The number of hydrogen-bond acceptors (Lipinski definition) is 6. The van der Waals surface area contributed by atoms with Gasteiger partial charge in [0.1, 0.15) is 0 Å². The number of carboxylic acids is 2. The van der Waals surface area contributed by atoms with Crippen molar-refractivity contribution in [3.05, 3.63) is 22.7 Å². The molecule has 1 aliphatic rings. The van der Waals surface area contributed by atoms with Gasteiger partial charge >= 0.3 is 11.9 Å². The molecule has 1 aromatic rings. The lowest BCUT2D eigenvalue weighted by Gasteiger charge is -2.21. The number of aromatic nitrogens is 1. The number of fused-ring (bicyclic) bond motifs is 1. The zero-order chi connectivity index (χ0) is 16.5. The molecule has 0 saturated heterocycles. The minimum atomic E-state index is -1.26. The highest BCUT2D eigenvalue weighted by molar-refractivity contribution is 7.15. The molecule has 1 heterocycles. The molecule has 0 bridgehead atoms. The Bertz CT molecular complexity index is 526. The highest BCUT2D eigenvalue weighted by Crippen LogP contribution is 2.27. The van der Waals surface area contributed by atoms with E-state index in [0.29, 0.717) is 18.2 Å². The lowest BCUT2D eigenvalue weighted by Crippen LogP contribution is -2.34. The van der Waals surface area contributed by atoms with Gasteiger partial charge in [-0.05, 0) is 32.2 Å². The first kappa shape index (κ1) is 18.1. The van der Waals surface area contributed by atoms with Gasteiger partial charge in [-0.1, -0.05) is 6.92 Å². The van der Waals surface area contributed by atoms with E-state index in [0.717, 1.165) is 24.5 Å².